The molecule has 3 aromatic rings. The monoisotopic (exact) mass is 301 g/mol. The van der Waals surface area contributed by atoms with Gasteiger partial charge in [0.25, 0.3) is 0 Å². The quantitative estimate of drug-likeness (QED) is 0.792. The zero-order valence-electron chi connectivity index (χ0n) is 11.8. The molecule has 0 aliphatic heterocycles. The number of aliphatic hydroxyl groups is 1. The average molecular weight is 301 g/mol. The SMILES string of the molecule is Cc1cccc(-c2onc(-c3cccc(F)c3F)c2CO)c1. The summed E-state index contributed by atoms with van der Waals surface area (Å²) < 4.78 is 32.6. The zero-order valence-corrected chi connectivity index (χ0v) is 11.8. The van der Waals surface area contributed by atoms with Crippen LogP contribution >= 0.6 is 0 Å². The second-order valence-corrected chi connectivity index (χ2v) is 4.97. The number of aromatic nitrogens is 1. The fourth-order valence-corrected chi connectivity index (χ4v) is 2.37. The largest absolute Gasteiger partial charge is 0.391 e. The third-order valence-electron chi connectivity index (χ3n) is 3.43. The van der Waals surface area contributed by atoms with Crippen LogP contribution in [0.2, 0.25) is 0 Å². The highest BCUT2D eigenvalue weighted by Gasteiger charge is 2.21. The van der Waals surface area contributed by atoms with E-state index in [0.29, 0.717) is 11.3 Å². The molecule has 0 saturated heterocycles. The summed E-state index contributed by atoms with van der Waals surface area (Å²) in [5.74, 6) is -1.63. The molecule has 22 heavy (non-hydrogen) atoms. The minimum atomic E-state index is -1.01. The van der Waals surface area contributed by atoms with Crippen molar-refractivity contribution >= 4 is 0 Å². The Labute approximate surface area is 125 Å². The van der Waals surface area contributed by atoms with Crippen molar-refractivity contribution in [3.63, 3.8) is 0 Å². The van der Waals surface area contributed by atoms with Crippen LogP contribution in [0.1, 0.15) is 11.1 Å². The van der Waals surface area contributed by atoms with Crippen molar-refractivity contribution in [1.29, 1.82) is 0 Å². The van der Waals surface area contributed by atoms with Crippen molar-refractivity contribution in [3.05, 3.63) is 65.2 Å². The van der Waals surface area contributed by atoms with Crippen LogP contribution in [0.15, 0.2) is 47.0 Å². The molecule has 0 aliphatic rings. The molecule has 0 atom stereocenters. The molecule has 0 radical (unpaired) electrons. The summed E-state index contributed by atoms with van der Waals surface area (Å²) in [5, 5.41) is 13.4. The van der Waals surface area contributed by atoms with E-state index in [2.05, 4.69) is 5.16 Å². The Morgan fingerprint density at radius 3 is 2.64 bits per heavy atom. The van der Waals surface area contributed by atoms with Crippen LogP contribution in [0.4, 0.5) is 8.78 Å². The number of hydrogen-bond donors (Lipinski definition) is 1. The van der Waals surface area contributed by atoms with Crippen LogP contribution in [0.5, 0.6) is 0 Å². The fraction of sp³-hybridized carbons (Fsp3) is 0.118. The van der Waals surface area contributed by atoms with Gasteiger partial charge in [0.05, 0.1) is 12.2 Å². The number of rotatable bonds is 3. The summed E-state index contributed by atoms with van der Waals surface area (Å²) in [4.78, 5) is 0. The Bertz CT molecular complexity index is 827. The third-order valence-corrected chi connectivity index (χ3v) is 3.43. The molecule has 3 rings (SSSR count). The Morgan fingerprint density at radius 1 is 1.14 bits per heavy atom. The first kappa shape index (κ1) is 14.4. The molecular formula is C17H13F2NO2. The number of hydrogen-bond acceptors (Lipinski definition) is 3. The second-order valence-electron chi connectivity index (χ2n) is 4.97. The number of aryl methyl sites for hydroxylation is 1. The fourth-order valence-electron chi connectivity index (χ4n) is 2.37. The second kappa shape index (κ2) is 5.69. The van der Waals surface area contributed by atoms with Crippen LogP contribution in [0, 0.1) is 18.6 Å². The lowest BCUT2D eigenvalue weighted by molar-refractivity contribution is 0.281. The molecule has 1 heterocycles. The van der Waals surface area contributed by atoms with Gasteiger partial charge in [-0.1, -0.05) is 35.0 Å². The van der Waals surface area contributed by atoms with Gasteiger partial charge < -0.3 is 9.63 Å². The van der Waals surface area contributed by atoms with E-state index in [9.17, 15) is 13.9 Å². The van der Waals surface area contributed by atoms with Gasteiger partial charge in [-0.05, 0) is 25.1 Å². The number of halogens is 2. The first-order valence-electron chi connectivity index (χ1n) is 6.72. The van der Waals surface area contributed by atoms with Gasteiger partial charge in [0.2, 0.25) is 0 Å². The molecule has 0 aliphatic carbocycles. The zero-order chi connectivity index (χ0) is 15.7. The number of benzene rings is 2. The molecule has 0 amide bonds. The van der Waals surface area contributed by atoms with Crippen LogP contribution in [0.3, 0.4) is 0 Å². The lowest BCUT2D eigenvalue weighted by atomic mass is 10.0. The van der Waals surface area contributed by atoms with E-state index < -0.39 is 18.2 Å². The molecule has 0 saturated carbocycles. The van der Waals surface area contributed by atoms with Crippen molar-refractivity contribution < 1.29 is 18.4 Å². The van der Waals surface area contributed by atoms with Gasteiger partial charge in [-0.15, -0.1) is 0 Å². The Morgan fingerprint density at radius 2 is 1.91 bits per heavy atom. The van der Waals surface area contributed by atoms with Gasteiger partial charge >= 0.3 is 0 Å². The average Bonchev–Trinajstić information content (AvgIpc) is 2.93. The highest BCUT2D eigenvalue weighted by molar-refractivity contribution is 5.73. The highest BCUT2D eigenvalue weighted by atomic mass is 19.2. The van der Waals surface area contributed by atoms with Gasteiger partial charge in [-0.2, -0.15) is 0 Å². The minimum absolute atomic E-state index is 0.0355. The molecule has 1 N–H and O–H groups in total. The molecule has 1 aromatic heterocycles. The molecule has 0 fully saturated rings. The summed E-state index contributed by atoms with van der Waals surface area (Å²) in [6.07, 6.45) is 0. The summed E-state index contributed by atoms with van der Waals surface area (Å²) in [6, 6.07) is 11.2. The molecule has 0 bridgehead atoms. The molecule has 0 unspecified atom stereocenters. The first-order valence-corrected chi connectivity index (χ1v) is 6.72. The van der Waals surface area contributed by atoms with E-state index >= 15 is 0 Å². The van der Waals surface area contributed by atoms with E-state index in [4.69, 9.17) is 4.52 Å². The Hall–Kier alpha value is -2.53. The highest BCUT2D eigenvalue weighted by Crippen LogP contribution is 2.34. The van der Waals surface area contributed by atoms with E-state index in [1.165, 1.54) is 12.1 Å². The van der Waals surface area contributed by atoms with Crippen LogP contribution in [-0.2, 0) is 6.61 Å². The van der Waals surface area contributed by atoms with E-state index in [1.54, 1.807) is 6.07 Å². The lowest BCUT2D eigenvalue weighted by Crippen LogP contribution is -1.94. The molecule has 112 valence electrons. The Kier molecular flexibility index (Phi) is 3.73. The van der Waals surface area contributed by atoms with Gasteiger partial charge in [0.1, 0.15) is 5.69 Å². The predicted octanol–water partition coefficient (Wildman–Crippen LogP) is 4.09. The maximum atomic E-state index is 13.9. The van der Waals surface area contributed by atoms with Gasteiger partial charge in [0.15, 0.2) is 17.4 Å². The van der Waals surface area contributed by atoms with Crippen LogP contribution < -0.4 is 0 Å². The maximum absolute atomic E-state index is 13.9. The topological polar surface area (TPSA) is 46.3 Å². The summed E-state index contributed by atoms with van der Waals surface area (Å²) in [7, 11) is 0. The van der Waals surface area contributed by atoms with Crippen molar-refractivity contribution in [2.24, 2.45) is 0 Å². The van der Waals surface area contributed by atoms with Crippen molar-refractivity contribution in [2.45, 2.75) is 13.5 Å². The molecule has 5 heteroatoms. The lowest BCUT2D eigenvalue weighted by Gasteiger charge is -2.03. The van der Waals surface area contributed by atoms with Gasteiger partial charge in [-0.25, -0.2) is 8.78 Å². The summed E-state index contributed by atoms with van der Waals surface area (Å²) in [5.41, 5.74) is 2.13. The summed E-state index contributed by atoms with van der Waals surface area (Å²) >= 11 is 0. The molecule has 0 spiro atoms. The van der Waals surface area contributed by atoms with Gasteiger partial charge in [-0.3, -0.25) is 0 Å². The number of nitrogens with zero attached hydrogens (tertiary/aromatic N) is 1. The first-order chi connectivity index (χ1) is 10.6. The third kappa shape index (κ3) is 2.40. The van der Waals surface area contributed by atoms with Gasteiger partial charge in [0, 0.05) is 11.1 Å². The van der Waals surface area contributed by atoms with Crippen LogP contribution in [0.25, 0.3) is 22.6 Å². The smallest absolute Gasteiger partial charge is 0.173 e. The van der Waals surface area contributed by atoms with E-state index in [0.717, 1.165) is 17.2 Å². The maximum Gasteiger partial charge on any atom is 0.173 e. The molecular weight excluding hydrogens is 288 g/mol. The van der Waals surface area contributed by atoms with E-state index in [1.807, 2.05) is 25.1 Å². The number of aliphatic hydroxyl groups excluding tert-OH is 1. The van der Waals surface area contributed by atoms with E-state index in [-0.39, 0.29) is 11.3 Å². The van der Waals surface area contributed by atoms with Crippen molar-refractivity contribution in [3.8, 4) is 22.6 Å². The normalized spacial score (nSPS) is 10.9. The Balaban J connectivity index is 2.18. The van der Waals surface area contributed by atoms with Crippen LogP contribution in [-0.4, -0.2) is 10.3 Å². The van der Waals surface area contributed by atoms with Crippen molar-refractivity contribution in [1.82, 2.24) is 5.16 Å². The molecule has 2 aromatic carbocycles. The van der Waals surface area contributed by atoms with Crippen molar-refractivity contribution in [2.75, 3.05) is 0 Å². The summed E-state index contributed by atoms with van der Waals surface area (Å²) in [6.45, 7) is 1.53. The molecule has 3 nitrogen and oxygen atoms in total. The predicted molar refractivity (Wildman–Crippen MR) is 78.0 cm³/mol. The standard InChI is InChI=1S/C17H13F2NO2/c1-10-4-2-5-11(8-10)17-13(9-21)16(20-22-17)12-6-3-7-14(18)15(12)19/h2-8,21H,9H2,1H3. The minimum Gasteiger partial charge on any atom is -0.391 e.